The Hall–Kier alpha value is -1.03. The van der Waals surface area contributed by atoms with Crippen LogP contribution in [0.1, 0.15) is 23.7 Å². The van der Waals surface area contributed by atoms with Crippen LogP contribution in [0.15, 0.2) is 21.5 Å². The summed E-state index contributed by atoms with van der Waals surface area (Å²) in [5.41, 5.74) is -0.391. The Morgan fingerprint density at radius 3 is 2.67 bits per heavy atom. The number of benzene rings is 1. The number of carbonyl (C=O) groups is 1. The summed E-state index contributed by atoms with van der Waals surface area (Å²) in [6, 6.07) is 1.95. The summed E-state index contributed by atoms with van der Waals surface area (Å²) in [6.07, 6.45) is 0.542. The molecule has 0 bridgehead atoms. The van der Waals surface area contributed by atoms with Gasteiger partial charge < -0.3 is 10.1 Å². The monoisotopic (exact) mass is 382 g/mol. The third-order valence-corrected chi connectivity index (χ3v) is 4.06. The lowest BCUT2D eigenvalue weighted by molar-refractivity contribution is 0.0925. The molecule has 0 saturated carbocycles. The molecule has 1 aromatic carbocycles. The quantitative estimate of drug-likeness (QED) is 0.776. The standard InChI is InChI=1S/C12H16BrFN2O4S/c1-7(3-4-20-2)16-12(17)9-5-8(13)6-10(11(9)14)21(15,18)19/h5-7H,3-4H2,1-2H3,(H,16,17)(H2,15,18,19). The molecule has 1 unspecified atom stereocenters. The molecule has 1 aromatic rings. The number of halogens is 2. The molecular formula is C12H16BrFN2O4S. The van der Waals surface area contributed by atoms with Gasteiger partial charge >= 0.3 is 0 Å². The molecule has 9 heteroatoms. The molecule has 21 heavy (non-hydrogen) atoms. The molecule has 0 aliphatic carbocycles. The number of nitrogens with two attached hydrogens (primary N) is 1. The number of sulfonamides is 1. The van der Waals surface area contributed by atoms with E-state index in [0.29, 0.717) is 13.0 Å². The largest absolute Gasteiger partial charge is 0.385 e. The lowest BCUT2D eigenvalue weighted by Crippen LogP contribution is -2.34. The summed E-state index contributed by atoms with van der Waals surface area (Å²) in [5, 5.41) is 7.49. The van der Waals surface area contributed by atoms with Crippen molar-refractivity contribution in [2.75, 3.05) is 13.7 Å². The molecule has 118 valence electrons. The molecule has 0 radical (unpaired) electrons. The van der Waals surface area contributed by atoms with Crippen molar-refractivity contribution in [1.82, 2.24) is 5.32 Å². The van der Waals surface area contributed by atoms with Crippen LogP contribution in [0.4, 0.5) is 4.39 Å². The number of hydrogen-bond acceptors (Lipinski definition) is 4. The highest BCUT2D eigenvalue weighted by Crippen LogP contribution is 2.23. The number of rotatable bonds is 6. The highest BCUT2D eigenvalue weighted by Gasteiger charge is 2.23. The fourth-order valence-electron chi connectivity index (χ4n) is 1.60. The van der Waals surface area contributed by atoms with Gasteiger partial charge in [-0.3, -0.25) is 4.79 Å². The smallest absolute Gasteiger partial charge is 0.254 e. The van der Waals surface area contributed by atoms with Crippen LogP contribution >= 0.6 is 15.9 Å². The van der Waals surface area contributed by atoms with Crippen LogP contribution in [0.2, 0.25) is 0 Å². The average Bonchev–Trinajstić information content (AvgIpc) is 2.37. The summed E-state index contributed by atoms with van der Waals surface area (Å²) in [4.78, 5) is 11.3. The lowest BCUT2D eigenvalue weighted by atomic mass is 10.1. The van der Waals surface area contributed by atoms with E-state index in [9.17, 15) is 17.6 Å². The summed E-state index contributed by atoms with van der Waals surface area (Å²) in [5.74, 6) is -1.89. The summed E-state index contributed by atoms with van der Waals surface area (Å²) in [6.45, 7) is 2.16. The summed E-state index contributed by atoms with van der Waals surface area (Å²) in [7, 11) is -2.73. The fourth-order valence-corrected chi connectivity index (χ4v) is 2.87. The van der Waals surface area contributed by atoms with Crippen LogP contribution in [-0.2, 0) is 14.8 Å². The molecule has 1 amide bonds. The van der Waals surface area contributed by atoms with E-state index < -0.39 is 32.2 Å². The molecule has 0 aliphatic heterocycles. The van der Waals surface area contributed by atoms with Crippen LogP contribution in [0.5, 0.6) is 0 Å². The minimum atomic E-state index is -4.26. The first kappa shape index (κ1) is 18.0. The third-order valence-electron chi connectivity index (χ3n) is 2.69. The van der Waals surface area contributed by atoms with E-state index in [0.717, 1.165) is 6.07 Å². The topological polar surface area (TPSA) is 98.5 Å². The first-order valence-corrected chi connectivity index (χ1v) is 8.32. The van der Waals surface area contributed by atoms with Crippen molar-refractivity contribution in [3.8, 4) is 0 Å². The second-order valence-electron chi connectivity index (χ2n) is 4.47. The molecule has 0 fully saturated rings. The van der Waals surface area contributed by atoms with Gasteiger partial charge in [-0.1, -0.05) is 15.9 Å². The van der Waals surface area contributed by atoms with E-state index in [1.165, 1.54) is 13.2 Å². The Balaban J connectivity index is 3.08. The predicted molar refractivity (Wildman–Crippen MR) is 78.9 cm³/mol. The minimum absolute atomic E-state index is 0.239. The Kier molecular flexibility index (Phi) is 6.26. The predicted octanol–water partition coefficient (Wildman–Crippen LogP) is 1.39. The van der Waals surface area contributed by atoms with Crippen LogP contribution < -0.4 is 10.5 Å². The second-order valence-corrected chi connectivity index (χ2v) is 6.91. The Bertz CT molecular complexity index is 636. The Labute approximate surface area is 131 Å². The molecule has 0 spiro atoms. The number of nitrogens with one attached hydrogen (secondary N) is 1. The van der Waals surface area contributed by atoms with Crippen molar-refractivity contribution in [1.29, 1.82) is 0 Å². The number of amides is 1. The van der Waals surface area contributed by atoms with Gasteiger partial charge in [0.05, 0.1) is 5.56 Å². The maximum Gasteiger partial charge on any atom is 0.254 e. The highest BCUT2D eigenvalue weighted by molar-refractivity contribution is 9.10. The SMILES string of the molecule is COCCC(C)NC(=O)c1cc(Br)cc(S(N)(=O)=O)c1F. The minimum Gasteiger partial charge on any atom is -0.385 e. The van der Waals surface area contributed by atoms with Gasteiger partial charge in [-0.05, 0) is 25.5 Å². The molecule has 3 N–H and O–H groups in total. The number of hydrogen-bond donors (Lipinski definition) is 2. The number of carbonyl (C=O) groups excluding carboxylic acids is 1. The van der Waals surface area contributed by atoms with Gasteiger partial charge in [0.25, 0.3) is 5.91 Å². The van der Waals surface area contributed by atoms with Crippen molar-refractivity contribution in [2.24, 2.45) is 5.14 Å². The van der Waals surface area contributed by atoms with E-state index in [1.54, 1.807) is 6.92 Å². The molecule has 0 aliphatic rings. The molecule has 1 rings (SSSR count). The van der Waals surface area contributed by atoms with Gasteiger partial charge in [0, 0.05) is 24.2 Å². The van der Waals surface area contributed by atoms with Gasteiger partial charge in [0.2, 0.25) is 10.0 Å². The van der Waals surface area contributed by atoms with Gasteiger partial charge in [0.1, 0.15) is 4.90 Å². The molecule has 0 aromatic heterocycles. The van der Waals surface area contributed by atoms with E-state index in [1.807, 2.05) is 0 Å². The van der Waals surface area contributed by atoms with E-state index in [4.69, 9.17) is 9.88 Å². The molecule has 1 atom stereocenters. The van der Waals surface area contributed by atoms with Crippen molar-refractivity contribution in [2.45, 2.75) is 24.3 Å². The Morgan fingerprint density at radius 1 is 1.52 bits per heavy atom. The van der Waals surface area contributed by atoms with E-state index in [2.05, 4.69) is 21.2 Å². The first-order chi connectivity index (χ1) is 9.66. The van der Waals surface area contributed by atoms with Gasteiger partial charge in [-0.15, -0.1) is 0 Å². The van der Waals surface area contributed by atoms with Crippen LogP contribution in [0.3, 0.4) is 0 Å². The van der Waals surface area contributed by atoms with Gasteiger partial charge in [-0.2, -0.15) is 0 Å². The van der Waals surface area contributed by atoms with E-state index >= 15 is 0 Å². The molecule has 0 saturated heterocycles. The fraction of sp³-hybridized carbons (Fsp3) is 0.417. The molecular weight excluding hydrogens is 367 g/mol. The maximum absolute atomic E-state index is 14.1. The van der Waals surface area contributed by atoms with Gasteiger partial charge in [0.15, 0.2) is 5.82 Å². The number of methoxy groups -OCH3 is 1. The molecule has 0 heterocycles. The zero-order chi connectivity index (χ0) is 16.2. The third kappa shape index (κ3) is 5.03. The lowest BCUT2D eigenvalue weighted by Gasteiger charge is -2.14. The highest BCUT2D eigenvalue weighted by atomic mass is 79.9. The number of ether oxygens (including phenoxy) is 1. The van der Waals surface area contributed by atoms with Crippen molar-refractivity contribution in [3.63, 3.8) is 0 Å². The maximum atomic E-state index is 14.1. The molecule has 6 nitrogen and oxygen atoms in total. The number of primary sulfonamides is 1. The first-order valence-electron chi connectivity index (χ1n) is 5.98. The van der Waals surface area contributed by atoms with Crippen molar-refractivity contribution >= 4 is 31.9 Å². The van der Waals surface area contributed by atoms with Crippen LogP contribution in [0, 0.1) is 5.82 Å². The van der Waals surface area contributed by atoms with E-state index in [-0.39, 0.29) is 10.5 Å². The summed E-state index contributed by atoms with van der Waals surface area (Å²) < 4.78 is 41.9. The van der Waals surface area contributed by atoms with Gasteiger partial charge in [-0.25, -0.2) is 17.9 Å². The zero-order valence-electron chi connectivity index (χ0n) is 11.5. The normalized spacial score (nSPS) is 13.0. The summed E-state index contributed by atoms with van der Waals surface area (Å²) >= 11 is 3.03. The van der Waals surface area contributed by atoms with Crippen LogP contribution in [-0.4, -0.2) is 34.1 Å². The zero-order valence-corrected chi connectivity index (χ0v) is 13.9. The Morgan fingerprint density at radius 2 is 2.14 bits per heavy atom. The average molecular weight is 383 g/mol. The van der Waals surface area contributed by atoms with Crippen molar-refractivity contribution in [3.05, 3.63) is 28.0 Å². The van der Waals surface area contributed by atoms with Crippen molar-refractivity contribution < 1.29 is 22.3 Å². The second kappa shape index (κ2) is 7.30. The van der Waals surface area contributed by atoms with Crippen LogP contribution in [0.25, 0.3) is 0 Å².